The minimum Gasteiger partial charge on any atom is -0.352 e. The predicted molar refractivity (Wildman–Crippen MR) is 62.6 cm³/mol. The van der Waals surface area contributed by atoms with Crippen molar-refractivity contribution in [2.24, 2.45) is 5.84 Å². The van der Waals surface area contributed by atoms with Gasteiger partial charge in [0, 0.05) is 12.6 Å². The van der Waals surface area contributed by atoms with Crippen LogP contribution in [0.5, 0.6) is 0 Å². The molecular formula is C10H18FN5. The number of nitrogens with one attached hydrogen (secondary N) is 1. The van der Waals surface area contributed by atoms with Gasteiger partial charge in [0.15, 0.2) is 11.6 Å². The zero-order chi connectivity index (χ0) is 12.1. The van der Waals surface area contributed by atoms with Gasteiger partial charge < -0.3 is 4.90 Å². The van der Waals surface area contributed by atoms with Crippen LogP contribution in [0.3, 0.4) is 0 Å². The Labute approximate surface area is 94.8 Å². The van der Waals surface area contributed by atoms with E-state index in [9.17, 15) is 4.39 Å². The maximum atomic E-state index is 13.6. The summed E-state index contributed by atoms with van der Waals surface area (Å²) in [5.74, 6) is 5.29. The van der Waals surface area contributed by atoms with Crippen LogP contribution < -0.4 is 16.2 Å². The third kappa shape index (κ3) is 2.57. The normalized spacial score (nSPS) is 12.3. The first-order valence-electron chi connectivity index (χ1n) is 5.39. The Balaban J connectivity index is 3.07. The third-order valence-corrected chi connectivity index (χ3v) is 2.59. The van der Waals surface area contributed by atoms with E-state index in [0.29, 0.717) is 12.4 Å². The fourth-order valence-corrected chi connectivity index (χ4v) is 1.52. The summed E-state index contributed by atoms with van der Waals surface area (Å²) in [4.78, 5) is 9.63. The number of hydrogen-bond acceptors (Lipinski definition) is 5. The maximum Gasteiger partial charge on any atom is 0.239 e. The molecule has 1 rings (SSSR count). The number of rotatable bonds is 5. The molecule has 0 saturated heterocycles. The van der Waals surface area contributed by atoms with Gasteiger partial charge >= 0.3 is 0 Å². The van der Waals surface area contributed by atoms with Crippen molar-refractivity contribution in [2.75, 3.05) is 16.9 Å². The lowest BCUT2D eigenvalue weighted by atomic mass is 10.2. The van der Waals surface area contributed by atoms with Crippen LogP contribution in [-0.4, -0.2) is 22.6 Å². The topological polar surface area (TPSA) is 67.1 Å². The largest absolute Gasteiger partial charge is 0.352 e. The second kappa shape index (κ2) is 5.60. The lowest BCUT2D eigenvalue weighted by Crippen LogP contribution is -2.34. The van der Waals surface area contributed by atoms with Crippen LogP contribution in [0.4, 0.5) is 16.2 Å². The molecule has 1 aromatic rings. The first-order chi connectivity index (χ1) is 7.63. The molecule has 16 heavy (non-hydrogen) atoms. The molecule has 0 aliphatic carbocycles. The highest BCUT2D eigenvalue weighted by Crippen LogP contribution is 2.20. The second-order valence-corrected chi connectivity index (χ2v) is 3.55. The van der Waals surface area contributed by atoms with Gasteiger partial charge in [0.25, 0.3) is 0 Å². The van der Waals surface area contributed by atoms with Crippen LogP contribution in [0.2, 0.25) is 0 Å². The van der Waals surface area contributed by atoms with Gasteiger partial charge in [-0.15, -0.1) is 0 Å². The van der Waals surface area contributed by atoms with Gasteiger partial charge in [-0.1, -0.05) is 6.92 Å². The maximum absolute atomic E-state index is 13.6. The molecule has 0 amide bonds. The molecule has 0 aliphatic rings. The molecular weight excluding hydrogens is 209 g/mol. The molecule has 3 N–H and O–H groups in total. The van der Waals surface area contributed by atoms with E-state index < -0.39 is 5.82 Å². The molecule has 0 fully saturated rings. The zero-order valence-electron chi connectivity index (χ0n) is 9.87. The SMILES string of the molecule is CCC(C)N(CC)c1nc(NN)ncc1F. The van der Waals surface area contributed by atoms with Gasteiger partial charge in [0.05, 0.1) is 6.20 Å². The predicted octanol–water partition coefficient (Wildman–Crippen LogP) is 1.53. The first kappa shape index (κ1) is 12.6. The second-order valence-electron chi connectivity index (χ2n) is 3.55. The Morgan fingerprint density at radius 3 is 2.75 bits per heavy atom. The minimum absolute atomic E-state index is 0.221. The highest BCUT2D eigenvalue weighted by molar-refractivity contribution is 5.44. The third-order valence-electron chi connectivity index (χ3n) is 2.59. The Morgan fingerprint density at radius 2 is 2.25 bits per heavy atom. The van der Waals surface area contributed by atoms with Crippen LogP contribution in [0.15, 0.2) is 6.20 Å². The molecule has 1 atom stereocenters. The molecule has 0 aliphatic heterocycles. The van der Waals surface area contributed by atoms with Crippen LogP contribution in [-0.2, 0) is 0 Å². The molecule has 5 nitrogen and oxygen atoms in total. The van der Waals surface area contributed by atoms with E-state index in [1.54, 1.807) is 0 Å². The van der Waals surface area contributed by atoms with Crippen LogP contribution >= 0.6 is 0 Å². The summed E-state index contributed by atoms with van der Waals surface area (Å²) in [7, 11) is 0. The van der Waals surface area contributed by atoms with E-state index in [1.807, 2.05) is 18.7 Å². The lowest BCUT2D eigenvalue weighted by molar-refractivity contribution is 0.569. The molecule has 1 heterocycles. The molecule has 0 radical (unpaired) electrons. The van der Waals surface area contributed by atoms with E-state index in [4.69, 9.17) is 5.84 Å². The highest BCUT2D eigenvalue weighted by atomic mass is 19.1. The van der Waals surface area contributed by atoms with Gasteiger partial charge in [-0.3, -0.25) is 5.43 Å². The quantitative estimate of drug-likeness (QED) is 0.589. The van der Waals surface area contributed by atoms with Crippen molar-refractivity contribution in [3.63, 3.8) is 0 Å². The zero-order valence-corrected chi connectivity index (χ0v) is 9.87. The van der Waals surface area contributed by atoms with Crippen molar-refractivity contribution in [2.45, 2.75) is 33.2 Å². The van der Waals surface area contributed by atoms with Crippen LogP contribution in [0, 0.1) is 5.82 Å². The number of nitrogen functional groups attached to an aromatic ring is 1. The Bertz CT molecular complexity index is 344. The number of hydrazine groups is 1. The van der Waals surface area contributed by atoms with E-state index in [2.05, 4.69) is 22.3 Å². The number of halogens is 1. The number of hydrogen-bond donors (Lipinski definition) is 2. The number of nitrogens with two attached hydrogens (primary N) is 1. The molecule has 0 spiro atoms. The van der Waals surface area contributed by atoms with Gasteiger partial charge in [-0.2, -0.15) is 4.98 Å². The fraction of sp³-hybridized carbons (Fsp3) is 0.600. The summed E-state index contributed by atoms with van der Waals surface area (Å²) >= 11 is 0. The van der Waals surface area contributed by atoms with Crippen molar-refractivity contribution in [3.05, 3.63) is 12.0 Å². The van der Waals surface area contributed by atoms with Gasteiger partial charge in [0.2, 0.25) is 5.95 Å². The highest BCUT2D eigenvalue weighted by Gasteiger charge is 2.17. The Kier molecular flexibility index (Phi) is 4.42. The molecule has 0 saturated carbocycles. The van der Waals surface area contributed by atoms with Gasteiger partial charge in [-0.25, -0.2) is 15.2 Å². The summed E-state index contributed by atoms with van der Waals surface area (Å²) in [6, 6.07) is 0.222. The van der Waals surface area contributed by atoms with E-state index in [-0.39, 0.29) is 12.0 Å². The monoisotopic (exact) mass is 227 g/mol. The van der Waals surface area contributed by atoms with Crippen molar-refractivity contribution < 1.29 is 4.39 Å². The van der Waals surface area contributed by atoms with E-state index in [1.165, 1.54) is 0 Å². The molecule has 6 heteroatoms. The smallest absolute Gasteiger partial charge is 0.239 e. The fourth-order valence-electron chi connectivity index (χ4n) is 1.52. The van der Waals surface area contributed by atoms with Crippen molar-refractivity contribution in [3.8, 4) is 0 Å². The van der Waals surface area contributed by atoms with Gasteiger partial charge in [-0.05, 0) is 20.3 Å². The number of nitrogens with zero attached hydrogens (tertiary/aromatic N) is 3. The van der Waals surface area contributed by atoms with Gasteiger partial charge in [0.1, 0.15) is 0 Å². The van der Waals surface area contributed by atoms with Crippen molar-refractivity contribution in [1.29, 1.82) is 0 Å². The van der Waals surface area contributed by atoms with Crippen LogP contribution in [0.25, 0.3) is 0 Å². The van der Waals surface area contributed by atoms with Crippen LogP contribution in [0.1, 0.15) is 27.2 Å². The number of anilines is 2. The Morgan fingerprint density at radius 1 is 1.56 bits per heavy atom. The summed E-state index contributed by atoms with van der Waals surface area (Å²) in [6.45, 7) is 6.73. The molecule has 0 aromatic carbocycles. The molecule has 90 valence electrons. The summed E-state index contributed by atoms with van der Waals surface area (Å²) in [6.07, 6.45) is 2.05. The lowest BCUT2D eigenvalue weighted by Gasteiger charge is -2.28. The first-order valence-corrected chi connectivity index (χ1v) is 5.39. The standard InChI is InChI=1S/C10H18FN5/c1-4-7(3)16(5-2)9-8(11)6-13-10(14-9)15-12/h6-7H,4-5,12H2,1-3H3,(H,13,14,15). The number of aromatic nitrogens is 2. The summed E-state index contributed by atoms with van der Waals surface area (Å²) < 4.78 is 13.6. The average Bonchev–Trinajstić information content (AvgIpc) is 2.32. The summed E-state index contributed by atoms with van der Waals surface area (Å²) in [5.41, 5.74) is 2.31. The van der Waals surface area contributed by atoms with E-state index in [0.717, 1.165) is 12.6 Å². The average molecular weight is 227 g/mol. The Hall–Kier alpha value is -1.43. The minimum atomic E-state index is -0.429. The summed E-state index contributed by atoms with van der Waals surface area (Å²) in [5, 5.41) is 0. The van der Waals surface area contributed by atoms with E-state index >= 15 is 0 Å². The van der Waals surface area contributed by atoms with Crippen molar-refractivity contribution >= 4 is 11.8 Å². The molecule has 1 aromatic heterocycles. The molecule has 1 unspecified atom stereocenters. The molecule has 0 bridgehead atoms. The van der Waals surface area contributed by atoms with Crippen molar-refractivity contribution in [1.82, 2.24) is 9.97 Å².